The Labute approximate surface area is 125 Å². The molecule has 21 heavy (non-hydrogen) atoms. The Morgan fingerprint density at radius 2 is 2.29 bits per heavy atom. The normalized spacial score (nSPS) is 26.6. The van der Waals surface area contributed by atoms with Crippen molar-refractivity contribution in [1.82, 2.24) is 14.9 Å². The fourth-order valence-corrected chi connectivity index (χ4v) is 2.51. The smallest absolute Gasteiger partial charge is 0.224 e. The Bertz CT molecular complexity index is 484. The van der Waals surface area contributed by atoms with Gasteiger partial charge in [-0.05, 0) is 20.9 Å². The second-order valence-corrected chi connectivity index (χ2v) is 5.68. The largest absolute Gasteiger partial charge is 0.394 e. The van der Waals surface area contributed by atoms with Crippen molar-refractivity contribution in [2.24, 2.45) is 0 Å². The lowest BCUT2D eigenvalue weighted by Gasteiger charge is -2.47. The van der Waals surface area contributed by atoms with Crippen LogP contribution in [0.15, 0.2) is 6.07 Å². The zero-order valence-corrected chi connectivity index (χ0v) is 13.2. The van der Waals surface area contributed by atoms with Gasteiger partial charge >= 0.3 is 0 Å². The van der Waals surface area contributed by atoms with E-state index in [9.17, 15) is 5.11 Å². The number of likely N-dealkylation sites (N-methyl/N-ethyl adjacent to an activating group) is 1. The molecule has 0 amide bonds. The number of aryl methyl sites for hydroxylation is 1. The van der Waals surface area contributed by atoms with Gasteiger partial charge in [-0.3, -0.25) is 4.90 Å². The van der Waals surface area contributed by atoms with Crippen LogP contribution in [0.4, 0.5) is 11.8 Å². The van der Waals surface area contributed by atoms with Gasteiger partial charge in [0.1, 0.15) is 5.82 Å². The van der Waals surface area contributed by atoms with Crippen molar-refractivity contribution in [2.45, 2.75) is 25.4 Å². The molecule has 0 spiro atoms. The Hall–Kier alpha value is -1.44. The molecule has 3 N–H and O–H groups in total. The minimum atomic E-state index is -0.454. The summed E-state index contributed by atoms with van der Waals surface area (Å²) in [5, 5.41) is 16.1. The van der Waals surface area contributed by atoms with E-state index in [1.807, 2.05) is 27.1 Å². The van der Waals surface area contributed by atoms with Gasteiger partial charge in [0.25, 0.3) is 0 Å². The first-order valence-corrected chi connectivity index (χ1v) is 7.19. The highest BCUT2D eigenvalue weighted by molar-refractivity contribution is 5.41. The van der Waals surface area contributed by atoms with E-state index in [0.717, 1.165) is 11.5 Å². The monoisotopic (exact) mass is 295 g/mol. The van der Waals surface area contributed by atoms with Crippen molar-refractivity contribution in [1.29, 1.82) is 0 Å². The molecule has 0 aliphatic carbocycles. The molecule has 1 aromatic heterocycles. The zero-order chi connectivity index (χ0) is 15.5. The SMILES string of the molecule is CNc1cc(C)nc(NC[C@]2(CO)COC[C@@H](C)N2C)n1. The fourth-order valence-electron chi connectivity index (χ4n) is 2.51. The first-order chi connectivity index (χ1) is 10.0. The van der Waals surface area contributed by atoms with E-state index in [-0.39, 0.29) is 12.6 Å². The topological polar surface area (TPSA) is 82.5 Å². The quantitative estimate of drug-likeness (QED) is 0.721. The fraction of sp³-hybridized carbons (Fsp3) is 0.714. The van der Waals surface area contributed by atoms with Crippen LogP contribution < -0.4 is 10.6 Å². The number of hydrogen-bond acceptors (Lipinski definition) is 7. The second-order valence-electron chi connectivity index (χ2n) is 5.68. The third kappa shape index (κ3) is 3.42. The number of hydrogen-bond donors (Lipinski definition) is 3. The lowest BCUT2D eigenvalue weighted by molar-refractivity contribution is -0.101. The van der Waals surface area contributed by atoms with Crippen molar-refractivity contribution in [3.63, 3.8) is 0 Å². The molecular weight excluding hydrogens is 270 g/mol. The van der Waals surface area contributed by atoms with Crippen molar-refractivity contribution < 1.29 is 9.84 Å². The van der Waals surface area contributed by atoms with E-state index < -0.39 is 5.54 Å². The third-order valence-electron chi connectivity index (χ3n) is 4.12. The maximum atomic E-state index is 9.85. The van der Waals surface area contributed by atoms with E-state index in [1.165, 1.54) is 0 Å². The minimum Gasteiger partial charge on any atom is -0.394 e. The van der Waals surface area contributed by atoms with Gasteiger partial charge in [0.15, 0.2) is 0 Å². The molecule has 2 heterocycles. The molecule has 1 aromatic rings. The lowest BCUT2D eigenvalue weighted by Crippen LogP contribution is -2.64. The molecule has 1 fully saturated rings. The summed E-state index contributed by atoms with van der Waals surface area (Å²) in [6.45, 7) is 5.73. The standard InChI is InChI=1S/C14H25N5O2/c1-10-5-12(15-3)18-13(17-10)16-7-14(8-20)9-21-6-11(2)19(14)4/h5,11,20H,6-9H2,1-4H3,(H2,15,16,17,18)/t11-,14+/m1/s1. The van der Waals surface area contributed by atoms with Gasteiger partial charge in [-0.1, -0.05) is 0 Å². The van der Waals surface area contributed by atoms with Crippen LogP contribution in [-0.2, 0) is 4.74 Å². The molecule has 0 unspecified atom stereocenters. The zero-order valence-electron chi connectivity index (χ0n) is 13.2. The summed E-state index contributed by atoms with van der Waals surface area (Å²) >= 11 is 0. The van der Waals surface area contributed by atoms with Crippen molar-refractivity contribution in [3.05, 3.63) is 11.8 Å². The predicted molar refractivity (Wildman–Crippen MR) is 82.7 cm³/mol. The second kappa shape index (κ2) is 6.55. The number of anilines is 2. The molecule has 2 atom stereocenters. The maximum absolute atomic E-state index is 9.85. The van der Waals surface area contributed by atoms with Crippen molar-refractivity contribution in [3.8, 4) is 0 Å². The van der Waals surface area contributed by atoms with E-state index in [2.05, 4.69) is 32.4 Å². The number of nitrogens with one attached hydrogen (secondary N) is 2. The van der Waals surface area contributed by atoms with Crippen LogP contribution in [0.3, 0.4) is 0 Å². The molecule has 7 heteroatoms. The Kier molecular flexibility index (Phi) is 4.97. The van der Waals surface area contributed by atoms with Gasteiger partial charge in [0.05, 0.1) is 25.4 Å². The highest BCUT2D eigenvalue weighted by atomic mass is 16.5. The first kappa shape index (κ1) is 15.9. The molecule has 1 saturated heterocycles. The number of nitrogens with zero attached hydrogens (tertiary/aromatic N) is 3. The van der Waals surface area contributed by atoms with Gasteiger partial charge in [-0.15, -0.1) is 0 Å². The average molecular weight is 295 g/mol. The van der Waals surface area contributed by atoms with Crippen LogP contribution in [-0.4, -0.2) is 72.0 Å². The van der Waals surface area contributed by atoms with E-state index in [1.54, 1.807) is 0 Å². The van der Waals surface area contributed by atoms with Crippen LogP contribution in [0, 0.1) is 6.92 Å². The highest BCUT2D eigenvalue weighted by Gasteiger charge is 2.40. The van der Waals surface area contributed by atoms with Crippen LogP contribution in [0.5, 0.6) is 0 Å². The Morgan fingerprint density at radius 3 is 2.95 bits per heavy atom. The average Bonchev–Trinajstić information content (AvgIpc) is 2.48. The Balaban J connectivity index is 2.11. The molecule has 1 aliphatic heterocycles. The lowest BCUT2D eigenvalue weighted by atomic mass is 9.96. The molecule has 118 valence electrons. The minimum absolute atomic E-state index is 0.0194. The van der Waals surface area contributed by atoms with E-state index in [0.29, 0.717) is 25.7 Å². The van der Waals surface area contributed by atoms with Gasteiger partial charge < -0.3 is 20.5 Å². The molecule has 1 aliphatic rings. The molecule has 2 rings (SSSR count). The summed E-state index contributed by atoms with van der Waals surface area (Å²) in [5.41, 5.74) is 0.432. The molecule has 0 saturated carbocycles. The number of rotatable bonds is 5. The summed E-state index contributed by atoms with van der Waals surface area (Å²) in [7, 11) is 3.84. The molecule has 0 aromatic carbocycles. The number of ether oxygens (including phenoxy) is 1. The molecule has 0 bridgehead atoms. The predicted octanol–water partition coefficient (Wildman–Crippen LogP) is 0.320. The first-order valence-electron chi connectivity index (χ1n) is 7.19. The van der Waals surface area contributed by atoms with Crippen LogP contribution in [0.2, 0.25) is 0 Å². The van der Waals surface area contributed by atoms with Gasteiger partial charge in [0.2, 0.25) is 5.95 Å². The summed E-state index contributed by atoms with van der Waals surface area (Å²) in [4.78, 5) is 10.9. The van der Waals surface area contributed by atoms with Crippen LogP contribution in [0.25, 0.3) is 0 Å². The molecular formula is C14H25N5O2. The summed E-state index contributed by atoms with van der Waals surface area (Å²) in [6, 6.07) is 2.14. The van der Waals surface area contributed by atoms with Gasteiger partial charge in [-0.2, -0.15) is 4.98 Å². The maximum Gasteiger partial charge on any atom is 0.224 e. The van der Waals surface area contributed by atoms with E-state index in [4.69, 9.17) is 4.74 Å². The number of morpholine rings is 1. The Morgan fingerprint density at radius 1 is 1.52 bits per heavy atom. The van der Waals surface area contributed by atoms with Gasteiger partial charge in [-0.25, -0.2) is 4.98 Å². The summed E-state index contributed by atoms with van der Waals surface area (Å²) < 4.78 is 5.62. The number of aliphatic hydroxyl groups is 1. The van der Waals surface area contributed by atoms with Crippen molar-refractivity contribution in [2.75, 3.05) is 51.1 Å². The number of aromatic nitrogens is 2. The molecule has 0 radical (unpaired) electrons. The van der Waals surface area contributed by atoms with Crippen LogP contribution in [0.1, 0.15) is 12.6 Å². The summed E-state index contributed by atoms with van der Waals surface area (Å²) in [5.74, 6) is 1.32. The summed E-state index contributed by atoms with van der Waals surface area (Å²) in [6.07, 6.45) is 0. The van der Waals surface area contributed by atoms with Gasteiger partial charge in [0, 0.05) is 31.4 Å². The molecule has 7 nitrogen and oxygen atoms in total. The number of aliphatic hydroxyl groups excluding tert-OH is 1. The van der Waals surface area contributed by atoms with Crippen LogP contribution >= 0.6 is 0 Å². The highest BCUT2D eigenvalue weighted by Crippen LogP contribution is 2.22. The van der Waals surface area contributed by atoms with Crippen molar-refractivity contribution >= 4 is 11.8 Å². The van der Waals surface area contributed by atoms with E-state index >= 15 is 0 Å². The third-order valence-corrected chi connectivity index (χ3v) is 4.12.